The van der Waals surface area contributed by atoms with E-state index in [-0.39, 0.29) is 18.1 Å². The second-order valence-electron chi connectivity index (χ2n) is 6.29. The molecule has 0 radical (unpaired) electrons. The monoisotopic (exact) mass is 343 g/mol. The van der Waals surface area contributed by atoms with Gasteiger partial charge in [0.1, 0.15) is 6.10 Å². The summed E-state index contributed by atoms with van der Waals surface area (Å²) in [4.78, 5) is 19.4. The number of nitrogens with zero attached hydrogens (tertiary/aromatic N) is 5. The molecule has 132 valence electrons. The van der Waals surface area contributed by atoms with Gasteiger partial charge in [-0.1, -0.05) is 0 Å². The van der Waals surface area contributed by atoms with Crippen LogP contribution in [0.3, 0.4) is 0 Å². The van der Waals surface area contributed by atoms with Crippen molar-refractivity contribution in [2.45, 2.75) is 25.0 Å². The molecule has 3 heterocycles. The third-order valence-corrected chi connectivity index (χ3v) is 4.37. The second kappa shape index (κ2) is 6.77. The van der Waals surface area contributed by atoms with E-state index in [1.807, 2.05) is 6.07 Å². The first kappa shape index (κ1) is 16.0. The van der Waals surface area contributed by atoms with Gasteiger partial charge in [0.2, 0.25) is 17.8 Å². The number of nitrogens with two attached hydrogens (primary N) is 2. The van der Waals surface area contributed by atoms with Crippen molar-refractivity contribution >= 4 is 11.9 Å². The van der Waals surface area contributed by atoms with E-state index in [0.29, 0.717) is 30.7 Å². The van der Waals surface area contributed by atoms with E-state index >= 15 is 0 Å². The van der Waals surface area contributed by atoms with E-state index in [0.717, 1.165) is 31.5 Å². The number of hydrogen-bond acceptors (Lipinski definition) is 9. The molecule has 4 N–H and O–H groups in total. The molecule has 2 aromatic rings. The Balaban J connectivity index is 1.65. The van der Waals surface area contributed by atoms with Crippen molar-refractivity contribution in [1.29, 1.82) is 0 Å². The predicted octanol–water partition coefficient (Wildman–Crippen LogP) is 0.221. The van der Waals surface area contributed by atoms with Gasteiger partial charge < -0.3 is 25.8 Å². The summed E-state index contributed by atoms with van der Waals surface area (Å²) in [7, 11) is 0. The fourth-order valence-corrected chi connectivity index (χ4v) is 2.87. The summed E-state index contributed by atoms with van der Waals surface area (Å²) >= 11 is 0. The molecule has 0 unspecified atom stereocenters. The average molecular weight is 343 g/mol. The van der Waals surface area contributed by atoms with E-state index in [9.17, 15) is 0 Å². The number of morpholine rings is 1. The Morgan fingerprint density at radius 1 is 1.12 bits per heavy atom. The Morgan fingerprint density at radius 2 is 1.84 bits per heavy atom. The third kappa shape index (κ3) is 3.62. The third-order valence-electron chi connectivity index (χ3n) is 4.37. The van der Waals surface area contributed by atoms with Gasteiger partial charge in [-0.25, -0.2) is 15.0 Å². The van der Waals surface area contributed by atoms with Gasteiger partial charge in [0, 0.05) is 43.2 Å². The molecule has 1 saturated heterocycles. The molecule has 25 heavy (non-hydrogen) atoms. The van der Waals surface area contributed by atoms with Crippen molar-refractivity contribution in [2.75, 3.05) is 36.9 Å². The maximum Gasteiger partial charge on any atom is 0.229 e. The summed E-state index contributed by atoms with van der Waals surface area (Å²) < 4.78 is 11.4. The highest BCUT2D eigenvalue weighted by Gasteiger charge is 2.28. The van der Waals surface area contributed by atoms with Crippen molar-refractivity contribution in [3.05, 3.63) is 18.5 Å². The largest absolute Gasteiger partial charge is 0.474 e. The predicted molar refractivity (Wildman–Crippen MR) is 92.1 cm³/mol. The highest BCUT2D eigenvalue weighted by atomic mass is 16.5. The van der Waals surface area contributed by atoms with Crippen molar-refractivity contribution < 1.29 is 9.47 Å². The van der Waals surface area contributed by atoms with Gasteiger partial charge in [0.05, 0.1) is 18.9 Å². The number of rotatable bonds is 4. The summed E-state index contributed by atoms with van der Waals surface area (Å²) in [6.45, 7) is 2.81. The van der Waals surface area contributed by atoms with Crippen LogP contribution in [-0.4, -0.2) is 58.4 Å². The zero-order valence-corrected chi connectivity index (χ0v) is 13.8. The zero-order valence-electron chi connectivity index (χ0n) is 13.8. The maximum atomic E-state index is 5.98. The zero-order chi connectivity index (χ0) is 17.2. The van der Waals surface area contributed by atoms with Gasteiger partial charge in [0.25, 0.3) is 0 Å². The smallest absolute Gasteiger partial charge is 0.229 e. The van der Waals surface area contributed by atoms with Gasteiger partial charge in [-0.15, -0.1) is 0 Å². The van der Waals surface area contributed by atoms with Crippen LogP contribution < -0.4 is 21.1 Å². The Labute approximate surface area is 145 Å². The summed E-state index contributed by atoms with van der Waals surface area (Å²) in [5.41, 5.74) is 12.9. The van der Waals surface area contributed by atoms with E-state index in [2.05, 4.69) is 24.8 Å². The Kier molecular flexibility index (Phi) is 4.33. The first-order valence-corrected chi connectivity index (χ1v) is 8.39. The molecule has 0 bridgehead atoms. The number of anilines is 2. The van der Waals surface area contributed by atoms with Gasteiger partial charge in [-0.05, 0) is 12.8 Å². The highest BCUT2D eigenvalue weighted by Crippen LogP contribution is 2.28. The molecule has 1 aliphatic carbocycles. The molecule has 2 aromatic heterocycles. The normalized spacial score (nSPS) is 23.2. The Morgan fingerprint density at radius 3 is 2.52 bits per heavy atom. The molecular formula is C16H21N7O2. The van der Waals surface area contributed by atoms with Crippen LogP contribution in [0.1, 0.15) is 12.8 Å². The fourth-order valence-electron chi connectivity index (χ4n) is 2.87. The first-order chi connectivity index (χ1) is 12.2. The maximum absolute atomic E-state index is 5.98. The molecule has 0 aromatic carbocycles. The van der Waals surface area contributed by atoms with Gasteiger partial charge in [-0.3, -0.25) is 0 Å². The van der Waals surface area contributed by atoms with Crippen LogP contribution in [-0.2, 0) is 4.74 Å². The molecule has 2 fully saturated rings. The van der Waals surface area contributed by atoms with Crippen LogP contribution in [0, 0.1) is 0 Å². The minimum absolute atomic E-state index is 0.109. The van der Waals surface area contributed by atoms with Crippen molar-refractivity contribution in [3.63, 3.8) is 0 Å². The van der Waals surface area contributed by atoms with Crippen LogP contribution in [0.2, 0.25) is 0 Å². The number of aromatic nitrogens is 4. The summed E-state index contributed by atoms with van der Waals surface area (Å²) in [6, 6.07) is 2.03. The van der Waals surface area contributed by atoms with Crippen molar-refractivity contribution in [2.24, 2.45) is 5.73 Å². The van der Waals surface area contributed by atoms with Gasteiger partial charge >= 0.3 is 0 Å². The molecule has 0 atom stereocenters. The number of ether oxygens (including phenoxy) is 2. The second-order valence-corrected chi connectivity index (χ2v) is 6.29. The molecule has 4 rings (SSSR count). The number of nitrogen functional groups attached to an aromatic ring is 1. The average Bonchev–Trinajstić information content (AvgIpc) is 2.61. The lowest BCUT2D eigenvalue weighted by molar-refractivity contribution is 0.0954. The van der Waals surface area contributed by atoms with Crippen molar-refractivity contribution in [1.82, 2.24) is 19.9 Å². The molecule has 2 aliphatic rings. The fraction of sp³-hybridized carbons (Fsp3) is 0.500. The Hall–Kier alpha value is -2.52. The van der Waals surface area contributed by atoms with Gasteiger partial charge in [-0.2, -0.15) is 4.98 Å². The van der Waals surface area contributed by atoms with Crippen LogP contribution in [0.4, 0.5) is 11.9 Å². The minimum Gasteiger partial charge on any atom is -0.474 e. The number of hydrogen-bond donors (Lipinski definition) is 2. The first-order valence-electron chi connectivity index (χ1n) is 8.39. The Bertz CT molecular complexity index is 728. The standard InChI is InChI=1S/C16H21N7O2/c17-11-5-12(6-11)25-14-7-13(10-8-19-15(18)20-9-10)21-16(22-14)23-1-3-24-4-2-23/h7-9,11-12H,1-6,17H2,(H2,18,19,20). The minimum atomic E-state index is 0.109. The lowest BCUT2D eigenvalue weighted by Gasteiger charge is -2.32. The molecule has 0 spiro atoms. The molecule has 9 nitrogen and oxygen atoms in total. The van der Waals surface area contributed by atoms with E-state index in [4.69, 9.17) is 20.9 Å². The lowest BCUT2D eigenvalue weighted by Crippen LogP contribution is -2.43. The summed E-state index contributed by atoms with van der Waals surface area (Å²) in [5, 5.41) is 0. The van der Waals surface area contributed by atoms with Crippen LogP contribution in [0.25, 0.3) is 11.3 Å². The molecule has 9 heteroatoms. The van der Waals surface area contributed by atoms with Crippen LogP contribution >= 0.6 is 0 Å². The van der Waals surface area contributed by atoms with Crippen LogP contribution in [0.15, 0.2) is 18.5 Å². The molecule has 1 saturated carbocycles. The molecule has 1 aliphatic heterocycles. The quantitative estimate of drug-likeness (QED) is 0.801. The highest BCUT2D eigenvalue weighted by molar-refractivity contribution is 5.60. The summed E-state index contributed by atoms with van der Waals surface area (Å²) in [6.07, 6.45) is 5.10. The van der Waals surface area contributed by atoms with Crippen LogP contribution in [0.5, 0.6) is 5.88 Å². The van der Waals surface area contributed by atoms with E-state index < -0.39 is 0 Å². The topological polar surface area (TPSA) is 125 Å². The SMILES string of the molecule is Nc1ncc(-c2cc(OC3CC(N)C3)nc(N3CCOCC3)n2)cn1. The van der Waals surface area contributed by atoms with E-state index in [1.165, 1.54) is 0 Å². The van der Waals surface area contributed by atoms with E-state index in [1.54, 1.807) is 12.4 Å². The summed E-state index contributed by atoms with van der Waals surface area (Å²) in [5.74, 6) is 1.39. The molecular weight excluding hydrogens is 322 g/mol. The van der Waals surface area contributed by atoms with Crippen molar-refractivity contribution in [3.8, 4) is 17.1 Å². The lowest BCUT2D eigenvalue weighted by atomic mass is 9.90. The van der Waals surface area contributed by atoms with Gasteiger partial charge in [0.15, 0.2) is 0 Å². The molecule has 0 amide bonds.